The van der Waals surface area contributed by atoms with Crippen LogP contribution in [0.2, 0.25) is 0 Å². The van der Waals surface area contributed by atoms with Gasteiger partial charge in [0.05, 0.1) is 12.7 Å². The first-order valence-corrected chi connectivity index (χ1v) is 7.17. The average molecular weight is 273 g/mol. The summed E-state index contributed by atoms with van der Waals surface area (Å²) >= 11 is 1.57. The lowest BCUT2D eigenvalue weighted by Gasteiger charge is -2.23. The molecule has 0 aliphatic rings. The van der Waals surface area contributed by atoms with Crippen molar-refractivity contribution in [3.63, 3.8) is 0 Å². The van der Waals surface area contributed by atoms with Gasteiger partial charge in [-0.2, -0.15) is 11.8 Å². The fourth-order valence-corrected chi connectivity index (χ4v) is 2.35. The molecule has 0 aliphatic heterocycles. The molecule has 1 aromatic rings. The fraction of sp³-hybridized carbons (Fsp3) is 0.538. The largest absolute Gasteiger partial charge is 0.395 e. The molecular formula is C13H20FNO2S. The van der Waals surface area contributed by atoms with Gasteiger partial charge in [-0.1, -0.05) is 12.1 Å². The molecule has 1 rings (SSSR count). The van der Waals surface area contributed by atoms with Gasteiger partial charge in [-0.25, -0.2) is 4.39 Å². The van der Waals surface area contributed by atoms with E-state index in [4.69, 9.17) is 5.11 Å². The van der Waals surface area contributed by atoms with Crippen LogP contribution in [0.25, 0.3) is 0 Å². The van der Waals surface area contributed by atoms with Crippen molar-refractivity contribution in [2.24, 2.45) is 0 Å². The van der Waals surface area contributed by atoms with Gasteiger partial charge in [0.1, 0.15) is 5.82 Å². The summed E-state index contributed by atoms with van der Waals surface area (Å²) in [4.78, 5) is 0. The van der Waals surface area contributed by atoms with Crippen LogP contribution >= 0.6 is 11.8 Å². The molecular weight excluding hydrogens is 253 g/mol. The van der Waals surface area contributed by atoms with Crippen molar-refractivity contribution in [3.8, 4) is 0 Å². The maximum absolute atomic E-state index is 13.0. The molecule has 3 atom stereocenters. The molecule has 1 aromatic carbocycles. The van der Waals surface area contributed by atoms with Crippen molar-refractivity contribution in [3.05, 3.63) is 35.6 Å². The van der Waals surface area contributed by atoms with Crippen LogP contribution in [0.5, 0.6) is 0 Å². The van der Waals surface area contributed by atoms with Crippen molar-refractivity contribution in [2.75, 3.05) is 19.4 Å². The molecule has 3 nitrogen and oxygen atoms in total. The topological polar surface area (TPSA) is 52.5 Å². The van der Waals surface area contributed by atoms with Crippen molar-refractivity contribution >= 4 is 11.8 Å². The minimum atomic E-state index is -0.746. The first kappa shape index (κ1) is 15.4. The third kappa shape index (κ3) is 4.57. The molecule has 0 heterocycles. The van der Waals surface area contributed by atoms with Gasteiger partial charge in [-0.3, -0.25) is 0 Å². The molecule has 0 radical (unpaired) electrons. The van der Waals surface area contributed by atoms with E-state index in [1.807, 2.05) is 13.2 Å². The zero-order valence-electron chi connectivity index (χ0n) is 10.6. The van der Waals surface area contributed by atoms with Crippen LogP contribution in [-0.2, 0) is 0 Å². The number of thioether (sulfide) groups is 1. The Morgan fingerprint density at radius 2 is 2.17 bits per heavy atom. The number of hydrogen-bond acceptors (Lipinski definition) is 4. The predicted molar refractivity (Wildman–Crippen MR) is 73.2 cm³/mol. The predicted octanol–water partition coefficient (Wildman–Crippen LogP) is 1.56. The van der Waals surface area contributed by atoms with Crippen LogP contribution < -0.4 is 5.32 Å². The Labute approximate surface area is 111 Å². The first-order chi connectivity index (χ1) is 8.58. The van der Waals surface area contributed by atoms with Gasteiger partial charge in [-0.05, 0) is 30.9 Å². The van der Waals surface area contributed by atoms with Crippen molar-refractivity contribution in [2.45, 2.75) is 24.3 Å². The van der Waals surface area contributed by atoms with Crippen molar-refractivity contribution in [1.82, 2.24) is 5.32 Å². The summed E-state index contributed by atoms with van der Waals surface area (Å²) in [6, 6.07) is 6.03. The molecule has 102 valence electrons. The second kappa shape index (κ2) is 7.74. The molecule has 0 fully saturated rings. The Kier molecular flexibility index (Phi) is 6.63. The number of nitrogens with one attached hydrogen (secondary N) is 1. The second-order valence-corrected chi connectivity index (χ2v) is 5.30. The Morgan fingerprint density at radius 3 is 2.72 bits per heavy atom. The number of halogens is 1. The van der Waals surface area contributed by atoms with E-state index in [-0.39, 0.29) is 23.7 Å². The lowest BCUT2D eigenvalue weighted by molar-refractivity contribution is 0.167. The zero-order chi connectivity index (χ0) is 13.5. The van der Waals surface area contributed by atoms with Crippen molar-refractivity contribution in [1.29, 1.82) is 0 Å². The highest BCUT2D eigenvalue weighted by molar-refractivity contribution is 7.99. The molecule has 18 heavy (non-hydrogen) atoms. The van der Waals surface area contributed by atoms with E-state index >= 15 is 0 Å². The molecule has 5 heteroatoms. The van der Waals surface area contributed by atoms with Gasteiger partial charge in [0.15, 0.2) is 0 Å². The minimum absolute atomic E-state index is 0.0770. The lowest BCUT2D eigenvalue weighted by Crippen LogP contribution is -2.39. The van der Waals surface area contributed by atoms with Gasteiger partial charge in [-0.15, -0.1) is 0 Å². The van der Waals surface area contributed by atoms with Gasteiger partial charge in [0.2, 0.25) is 0 Å². The summed E-state index contributed by atoms with van der Waals surface area (Å²) in [5, 5.41) is 22.3. The highest BCUT2D eigenvalue weighted by atomic mass is 32.2. The summed E-state index contributed by atoms with van der Waals surface area (Å²) in [6.07, 6.45) is 1.19. The molecule has 0 aliphatic carbocycles. The summed E-state index contributed by atoms with van der Waals surface area (Å²) in [6.45, 7) is 2.38. The standard InChI is InChI=1S/C13H20FNO2S/c1-9(13(8-16)18-2)15-7-12(17)10-4-3-5-11(14)6-10/h3-6,9,12-13,15-17H,7-8H2,1-2H3. The lowest BCUT2D eigenvalue weighted by atomic mass is 10.1. The number of rotatable bonds is 7. The Morgan fingerprint density at radius 1 is 1.44 bits per heavy atom. The number of aliphatic hydroxyl groups is 2. The minimum Gasteiger partial charge on any atom is -0.395 e. The van der Waals surface area contributed by atoms with Gasteiger partial charge in [0, 0.05) is 17.8 Å². The van der Waals surface area contributed by atoms with E-state index in [1.54, 1.807) is 23.9 Å². The van der Waals surface area contributed by atoms with Crippen LogP contribution in [0.15, 0.2) is 24.3 Å². The highest BCUT2D eigenvalue weighted by Crippen LogP contribution is 2.15. The van der Waals surface area contributed by atoms with Crippen LogP contribution in [0.4, 0.5) is 4.39 Å². The molecule has 0 aromatic heterocycles. The van der Waals surface area contributed by atoms with Crippen LogP contribution in [0, 0.1) is 5.82 Å². The third-order valence-corrected chi connectivity index (χ3v) is 4.07. The molecule has 0 saturated heterocycles. The molecule has 3 N–H and O–H groups in total. The fourth-order valence-electron chi connectivity index (χ4n) is 1.70. The molecule has 3 unspecified atom stereocenters. The average Bonchev–Trinajstić information content (AvgIpc) is 2.37. The maximum Gasteiger partial charge on any atom is 0.123 e. The molecule has 0 amide bonds. The zero-order valence-corrected chi connectivity index (χ0v) is 11.5. The quantitative estimate of drug-likeness (QED) is 0.706. The van der Waals surface area contributed by atoms with E-state index in [1.165, 1.54) is 12.1 Å². The van der Waals surface area contributed by atoms with Crippen molar-refractivity contribution < 1.29 is 14.6 Å². The van der Waals surface area contributed by atoms with Crippen LogP contribution in [-0.4, -0.2) is 40.9 Å². The van der Waals surface area contributed by atoms with Gasteiger partial charge in [0.25, 0.3) is 0 Å². The summed E-state index contributed by atoms with van der Waals surface area (Å²) in [5.74, 6) is -0.350. The number of benzene rings is 1. The van der Waals surface area contributed by atoms with Gasteiger partial charge >= 0.3 is 0 Å². The molecule has 0 bridgehead atoms. The molecule has 0 spiro atoms. The highest BCUT2D eigenvalue weighted by Gasteiger charge is 2.16. The van der Waals surface area contributed by atoms with E-state index in [9.17, 15) is 9.50 Å². The number of aliphatic hydroxyl groups excluding tert-OH is 2. The third-order valence-electron chi connectivity index (χ3n) is 2.91. The van der Waals surface area contributed by atoms with E-state index in [2.05, 4.69) is 5.32 Å². The van der Waals surface area contributed by atoms with E-state index in [0.717, 1.165) is 0 Å². The maximum atomic E-state index is 13.0. The monoisotopic (exact) mass is 273 g/mol. The first-order valence-electron chi connectivity index (χ1n) is 5.89. The normalized spacial score (nSPS) is 16.3. The Balaban J connectivity index is 2.48. The van der Waals surface area contributed by atoms with E-state index in [0.29, 0.717) is 12.1 Å². The molecule has 0 saturated carbocycles. The van der Waals surface area contributed by atoms with Crippen LogP contribution in [0.3, 0.4) is 0 Å². The van der Waals surface area contributed by atoms with E-state index < -0.39 is 6.10 Å². The summed E-state index contributed by atoms with van der Waals surface area (Å²) < 4.78 is 13.0. The summed E-state index contributed by atoms with van der Waals surface area (Å²) in [5.41, 5.74) is 0.555. The number of hydrogen-bond donors (Lipinski definition) is 3. The Hall–Kier alpha value is -0.620. The van der Waals surface area contributed by atoms with Gasteiger partial charge < -0.3 is 15.5 Å². The smallest absolute Gasteiger partial charge is 0.123 e. The summed E-state index contributed by atoms with van der Waals surface area (Å²) in [7, 11) is 0. The van der Waals surface area contributed by atoms with Crippen LogP contribution in [0.1, 0.15) is 18.6 Å². The second-order valence-electron chi connectivity index (χ2n) is 4.22. The Bertz CT molecular complexity index is 361. The SMILES string of the molecule is CSC(CO)C(C)NCC(O)c1cccc(F)c1.